The van der Waals surface area contributed by atoms with Crippen molar-refractivity contribution in [3.8, 4) is 16.9 Å². The summed E-state index contributed by atoms with van der Waals surface area (Å²) < 4.78 is 5.91. The van der Waals surface area contributed by atoms with Crippen LogP contribution >= 0.6 is 0 Å². The number of ether oxygens (including phenoxy) is 1. The molecule has 7 heteroatoms. The van der Waals surface area contributed by atoms with Crippen LogP contribution in [0.5, 0.6) is 5.75 Å². The van der Waals surface area contributed by atoms with Crippen molar-refractivity contribution in [1.29, 1.82) is 0 Å². The van der Waals surface area contributed by atoms with Gasteiger partial charge in [-0.25, -0.2) is 9.97 Å². The fraction of sp³-hybridized carbons (Fsp3) is 0.440. The summed E-state index contributed by atoms with van der Waals surface area (Å²) in [5, 5.41) is 12.7. The minimum absolute atomic E-state index is 0.273. The lowest BCUT2D eigenvalue weighted by atomic mass is 10.0. The molecule has 3 aromatic rings. The van der Waals surface area contributed by atoms with E-state index >= 15 is 0 Å². The predicted molar refractivity (Wildman–Crippen MR) is 126 cm³/mol. The molecule has 2 aliphatic rings. The van der Waals surface area contributed by atoms with Crippen LogP contribution in [0, 0.1) is 5.92 Å². The Bertz CT molecular complexity index is 1050. The van der Waals surface area contributed by atoms with Crippen molar-refractivity contribution < 1.29 is 9.84 Å². The summed E-state index contributed by atoms with van der Waals surface area (Å²) in [6, 6.07) is 12.2. The van der Waals surface area contributed by atoms with E-state index in [1.54, 1.807) is 12.4 Å². The molecule has 1 atom stereocenters. The molecule has 1 saturated heterocycles. The Morgan fingerprint density at radius 1 is 0.938 bits per heavy atom. The van der Waals surface area contributed by atoms with Crippen LogP contribution in [-0.4, -0.2) is 76.9 Å². The van der Waals surface area contributed by atoms with Gasteiger partial charge in [0.15, 0.2) is 0 Å². The van der Waals surface area contributed by atoms with Crippen molar-refractivity contribution in [2.75, 3.05) is 51.6 Å². The van der Waals surface area contributed by atoms with Crippen LogP contribution in [-0.2, 0) is 0 Å². The van der Waals surface area contributed by atoms with Crippen molar-refractivity contribution in [2.24, 2.45) is 5.92 Å². The van der Waals surface area contributed by atoms with Crippen LogP contribution in [0.3, 0.4) is 0 Å². The molecule has 32 heavy (non-hydrogen) atoms. The monoisotopic (exact) mass is 433 g/mol. The first-order valence-electron chi connectivity index (χ1n) is 11.5. The van der Waals surface area contributed by atoms with Crippen LogP contribution in [0.25, 0.3) is 21.9 Å². The molecule has 1 unspecified atom stereocenters. The number of nitrogen functional groups attached to an aromatic ring is 1. The lowest BCUT2D eigenvalue weighted by molar-refractivity contribution is 0.0453. The zero-order valence-electron chi connectivity index (χ0n) is 18.4. The van der Waals surface area contributed by atoms with Crippen molar-refractivity contribution in [3.63, 3.8) is 0 Å². The number of rotatable bonds is 8. The first kappa shape index (κ1) is 21.1. The van der Waals surface area contributed by atoms with E-state index in [9.17, 15) is 5.11 Å². The summed E-state index contributed by atoms with van der Waals surface area (Å²) in [6.07, 6.45) is 5.78. The molecule has 2 fully saturated rings. The highest BCUT2D eigenvalue weighted by Gasteiger charge is 2.26. The number of aromatic nitrogens is 2. The Morgan fingerprint density at radius 3 is 2.38 bits per heavy atom. The van der Waals surface area contributed by atoms with Crippen molar-refractivity contribution in [3.05, 3.63) is 48.8 Å². The van der Waals surface area contributed by atoms with Crippen LogP contribution in [0.4, 0.5) is 5.95 Å². The number of hydrogen-bond donors (Lipinski definition) is 2. The minimum atomic E-state index is -0.492. The van der Waals surface area contributed by atoms with Gasteiger partial charge in [-0.3, -0.25) is 4.90 Å². The molecule has 2 aromatic carbocycles. The molecular weight excluding hydrogens is 402 g/mol. The van der Waals surface area contributed by atoms with E-state index in [1.807, 2.05) is 24.3 Å². The molecule has 7 nitrogen and oxygen atoms in total. The number of piperazine rings is 1. The molecule has 5 rings (SSSR count). The normalized spacial score (nSPS) is 18.7. The third-order valence-corrected chi connectivity index (χ3v) is 6.41. The highest BCUT2D eigenvalue weighted by molar-refractivity contribution is 5.88. The Balaban J connectivity index is 1.13. The summed E-state index contributed by atoms with van der Waals surface area (Å²) in [5.41, 5.74) is 7.55. The summed E-state index contributed by atoms with van der Waals surface area (Å²) >= 11 is 0. The highest BCUT2D eigenvalue weighted by atomic mass is 16.5. The van der Waals surface area contributed by atoms with Crippen molar-refractivity contribution in [2.45, 2.75) is 18.9 Å². The number of aliphatic hydroxyl groups is 1. The van der Waals surface area contributed by atoms with E-state index in [0.717, 1.165) is 59.7 Å². The van der Waals surface area contributed by atoms with Gasteiger partial charge in [0.2, 0.25) is 5.95 Å². The quantitative estimate of drug-likeness (QED) is 0.565. The Hall–Kier alpha value is -2.74. The second kappa shape index (κ2) is 9.40. The zero-order valence-corrected chi connectivity index (χ0v) is 18.4. The molecule has 1 aromatic heterocycles. The molecule has 0 amide bonds. The number of β-amino-alcohol motifs (C(OH)–C–C–N with tert-alkyl or cyclic N) is 1. The molecule has 0 bridgehead atoms. The van der Waals surface area contributed by atoms with E-state index in [2.05, 4.69) is 31.9 Å². The van der Waals surface area contributed by atoms with Gasteiger partial charge in [0, 0.05) is 57.2 Å². The predicted octanol–water partition coefficient (Wildman–Crippen LogP) is 2.65. The van der Waals surface area contributed by atoms with Gasteiger partial charge in [-0.05, 0) is 53.3 Å². The van der Waals surface area contributed by atoms with Gasteiger partial charge in [-0.1, -0.05) is 18.2 Å². The first-order valence-corrected chi connectivity index (χ1v) is 11.5. The fourth-order valence-corrected chi connectivity index (χ4v) is 4.34. The number of nitrogens with two attached hydrogens (primary N) is 1. The topological polar surface area (TPSA) is 87.7 Å². The van der Waals surface area contributed by atoms with Gasteiger partial charge in [0.25, 0.3) is 0 Å². The largest absolute Gasteiger partial charge is 0.491 e. The average Bonchev–Trinajstić information content (AvgIpc) is 3.63. The van der Waals surface area contributed by atoms with E-state index in [1.165, 1.54) is 19.4 Å². The van der Waals surface area contributed by atoms with Gasteiger partial charge < -0.3 is 20.5 Å². The van der Waals surface area contributed by atoms with E-state index < -0.39 is 6.10 Å². The SMILES string of the molecule is Nc1ncc(-c2ccc3cc(OCC(O)CN4CCN(CC5CC5)CC4)ccc3c2)cn1. The standard InChI is InChI=1S/C25H31N5O2/c26-25-27-13-22(14-28-25)20-3-4-21-12-24(6-5-19(21)11-20)32-17-23(31)16-30-9-7-29(8-10-30)15-18-1-2-18/h3-6,11-14,18,23,31H,1-2,7-10,15-17H2,(H2,26,27,28). The maximum Gasteiger partial charge on any atom is 0.219 e. The third-order valence-electron chi connectivity index (χ3n) is 6.41. The highest BCUT2D eigenvalue weighted by Crippen LogP contribution is 2.30. The fourth-order valence-electron chi connectivity index (χ4n) is 4.34. The summed E-state index contributed by atoms with van der Waals surface area (Å²) in [7, 11) is 0. The van der Waals surface area contributed by atoms with Gasteiger partial charge in [0.05, 0.1) is 0 Å². The van der Waals surface area contributed by atoms with Gasteiger partial charge in [-0.2, -0.15) is 0 Å². The van der Waals surface area contributed by atoms with Crippen LogP contribution in [0.2, 0.25) is 0 Å². The maximum absolute atomic E-state index is 10.5. The zero-order chi connectivity index (χ0) is 21.9. The van der Waals surface area contributed by atoms with Gasteiger partial charge in [-0.15, -0.1) is 0 Å². The van der Waals surface area contributed by atoms with Crippen LogP contribution in [0.1, 0.15) is 12.8 Å². The number of fused-ring (bicyclic) bond motifs is 1. The molecule has 0 spiro atoms. The molecule has 0 radical (unpaired) electrons. The lowest BCUT2D eigenvalue weighted by Gasteiger charge is -2.35. The number of hydrogen-bond acceptors (Lipinski definition) is 7. The minimum Gasteiger partial charge on any atom is -0.491 e. The average molecular weight is 434 g/mol. The lowest BCUT2D eigenvalue weighted by Crippen LogP contribution is -2.49. The molecule has 1 saturated carbocycles. The second-order valence-corrected chi connectivity index (χ2v) is 9.06. The Labute approximate surface area is 188 Å². The number of benzene rings is 2. The second-order valence-electron chi connectivity index (χ2n) is 9.06. The van der Waals surface area contributed by atoms with Crippen molar-refractivity contribution in [1.82, 2.24) is 19.8 Å². The molecular formula is C25H31N5O2. The van der Waals surface area contributed by atoms with E-state index in [-0.39, 0.29) is 5.95 Å². The number of nitrogens with zero attached hydrogens (tertiary/aromatic N) is 4. The van der Waals surface area contributed by atoms with E-state index in [4.69, 9.17) is 10.5 Å². The van der Waals surface area contributed by atoms with Gasteiger partial charge in [0.1, 0.15) is 18.5 Å². The van der Waals surface area contributed by atoms with Crippen molar-refractivity contribution >= 4 is 16.7 Å². The van der Waals surface area contributed by atoms with Gasteiger partial charge >= 0.3 is 0 Å². The smallest absolute Gasteiger partial charge is 0.219 e. The van der Waals surface area contributed by atoms with Crippen LogP contribution < -0.4 is 10.5 Å². The molecule has 2 heterocycles. The molecule has 1 aliphatic carbocycles. The number of anilines is 1. The van der Waals surface area contributed by atoms with Crippen LogP contribution in [0.15, 0.2) is 48.8 Å². The van der Waals surface area contributed by atoms with E-state index in [0.29, 0.717) is 13.2 Å². The summed E-state index contributed by atoms with van der Waals surface area (Å²) in [5.74, 6) is 1.99. The Morgan fingerprint density at radius 2 is 1.62 bits per heavy atom. The molecule has 3 N–H and O–H groups in total. The summed E-state index contributed by atoms with van der Waals surface area (Å²) in [6.45, 7) is 6.50. The Kier molecular flexibility index (Phi) is 6.21. The molecule has 168 valence electrons. The summed E-state index contributed by atoms with van der Waals surface area (Å²) in [4.78, 5) is 13.0. The maximum atomic E-state index is 10.5. The third kappa shape index (κ3) is 5.35. The molecule has 1 aliphatic heterocycles. The first-order chi connectivity index (χ1) is 15.6. The number of aliphatic hydroxyl groups excluding tert-OH is 1.